The van der Waals surface area contributed by atoms with E-state index in [0.717, 1.165) is 19.5 Å². The number of carbonyl (C=O) groups excluding carboxylic acids is 1. The lowest BCUT2D eigenvalue weighted by molar-refractivity contribution is -0.146. The number of nitrogens with zero attached hydrogens (tertiary/aromatic N) is 1. The van der Waals surface area contributed by atoms with Crippen LogP contribution in [0.25, 0.3) is 0 Å². The molecule has 4 nitrogen and oxygen atoms in total. The van der Waals surface area contributed by atoms with Gasteiger partial charge in [-0.05, 0) is 32.9 Å². The van der Waals surface area contributed by atoms with Crippen molar-refractivity contribution < 1.29 is 9.53 Å². The molecule has 0 saturated carbocycles. The summed E-state index contributed by atoms with van der Waals surface area (Å²) >= 11 is 0. The predicted octanol–water partition coefficient (Wildman–Crippen LogP) is 1.51. The summed E-state index contributed by atoms with van der Waals surface area (Å²) in [5.41, 5.74) is 0. The Kier molecular flexibility index (Phi) is 9.09. The highest BCUT2D eigenvalue weighted by Gasteiger charge is 2.20. The van der Waals surface area contributed by atoms with Crippen LogP contribution in [0.4, 0.5) is 0 Å². The second-order valence-corrected chi connectivity index (χ2v) is 4.87. The Balaban J connectivity index is 4.21. The number of nitrogens with one attached hydrogen (secondary N) is 1. The minimum Gasteiger partial charge on any atom is -0.465 e. The minimum absolute atomic E-state index is 0.142. The number of likely N-dealkylation sites (N-methyl/N-ethyl adjacent to an activating group) is 1. The van der Waals surface area contributed by atoms with Crippen molar-refractivity contribution in [2.75, 3.05) is 33.3 Å². The second-order valence-electron chi connectivity index (χ2n) is 4.87. The molecule has 0 aliphatic heterocycles. The van der Waals surface area contributed by atoms with E-state index in [1.54, 1.807) is 0 Å². The van der Waals surface area contributed by atoms with E-state index in [4.69, 9.17) is 4.74 Å². The number of ether oxygens (including phenoxy) is 1. The van der Waals surface area contributed by atoms with Crippen molar-refractivity contribution in [1.82, 2.24) is 10.2 Å². The van der Waals surface area contributed by atoms with Gasteiger partial charge in [-0.3, -0.25) is 4.79 Å². The topological polar surface area (TPSA) is 41.6 Å². The van der Waals surface area contributed by atoms with Crippen LogP contribution in [0.2, 0.25) is 0 Å². The molecule has 1 N–H and O–H groups in total. The van der Waals surface area contributed by atoms with Crippen LogP contribution in [0.3, 0.4) is 0 Å². The van der Waals surface area contributed by atoms with Crippen LogP contribution in [-0.4, -0.2) is 50.2 Å². The van der Waals surface area contributed by atoms with Gasteiger partial charge in [0.05, 0.1) is 6.61 Å². The van der Waals surface area contributed by atoms with Gasteiger partial charge in [-0.1, -0.05) is 20.8 Å². The van der Waals surface area contributed by atoms with Gasteiger partial charge in [0, 0.05) is 13.1 Å². The Morgan fingerprint density at radius 2 is 1.94 bits per heavy atom. The van der Waals surface area contributed by atoms with Crippen molar-refractivity contribution in [3.63, 3.8) is 0 Å². The Bertz CT molecular complexity index is 208. The number of hydrogen-bond acceptors (Lipinski definition) is 4. The van der Waals surface area contributed by atoms with Crippen molar-refractivity contribution in [1.29, 1.82) is 0 Å². The van der Waals surface area contributed by atoms with Gasteiger partial charge in [-0.15, -0.1) is 0 Å². The minimum atomic E-state index is -0.210. The molecule has 0 aromatic heterocycles. The van der Waals surface area contributed by atoms with Crippen LogP contribution in [-0.2, 0) is 9.53 Å². The molecule has 1 unspecified atom stereocenters. The maximum Gasteiger partial charge on any atom is 0.324 e. The molecule has 0 aliphatic rings. The van der Waals surface area contributed by atoms with E-state index in [1.165, 1.54) is 0 Å². The third-order valence-electron chi connectivity index (χ3n) is 2.38. The van der Waals surface area contributed by atoms with Gasteiger partial charge in [0.15, 0.2) is 0 Å². The Hall–Kier alpha value is -0.610. The van der Waals surface area contributed by atoms with Gasteiger partial charge < -0.3 is 15.0 Å². The number of hydrogen-bond donors (Lipinski definition) is 1. The van der Waals surface area contributed by atoms with E-state index < -0.39 is 0 Å². The number of carbonyl (C=O) groups is 1. The molecule has 4 heteroatoms. The van der Waals surface area contributed by atoms with E-state index in [0.29, 0.717) is 19.1 Å². The van der Waals surface area contributed by atoms with Gasteiger partial charge >= 0.3 is 5.97 Å². The van der Waals surface area contributed by atoms with Gasteiger partial charge in [0.2, 0.25) is 0 Å². The first-order chi connectivity index (χ1) is 8.01. The zero-order chi connectivity index (χ0) is 13.3. The molecule has 0 amide bonds. The van der Waals surface area contributed by atoms with Crippen LogP contribution < -0.4 is 5.32 Å². The smallest absolute Gasteiger partial charge is 0.324 e. The first-order valence-electron chi connectivity index (χ1n) is 6.59. The van der Waals surface area contributed by atoms with E-state index in [9.17, 15) is 4.79 Å². The van der Waals surface area contributed by atoms with E-state index in [2.05, 4.69) is 31.0 Å². The molecule has 0 fully saturated rings. The standard InChI is InChI=1S/C13H28N2O2/c1-6-8-14-12(13(16)17-7-2)10-15(5)9-11(3)4/h11-12,14H,6-10H2,1-5H3. The van der Waals surface area contributed by atoms with E-state index in [1.807, 2.05) is 14.0 Å². The monoisotopic (exact) mass is 244 g/mol. The summed E-state index contributed by atoms with van der Waals surface area (Å²) in [5, 5.41) is 3.24. The van der Waals surface area contributed by atoms with Crippen LogP contribution in [0.15, 0.2) is 0 Å². The lowest BCUT2D eigenvalue weighted by atomic mass is 10.2. The molecule has 0 rings (SSSR count). The zero-order valence-electron chi connectivity index (χ0n) is 12.0. The highest BCUT2D eigenvalue weighted by atomic mass is 16.5. The average Bonchev–Trinajstić information content (AvgIpc) is 2.23. The predicted molar refractivity (Wildman–Crippen MR) is 71.0 cm³/mol. The molecule has 0 aromatic rings. The summed E-state index contributed by atoms with van der Waals surface area (Å²) in [4.78, 5) is 13.9. The molecule has 0 aliphatic carbocycles. The van der Waals surface area contributed by atoms with Crippen molar-refractivity contribution in [2.45, 2.75) is 40.2 Å². The third-order valence-corrected chi connectivity index (χ3v) is 2.38. The lowest BCUT2D eigenvalue weighted by Crippen LogP contribution is -2.46. The summed E-state index contributed by atoms with van der Waals surface area (Å²) in [6, 6.07) is -0.210. The van der Waals surface area contributed by atoms with Gasteiger partial charge in [0.1, 0.15) is 6.04 Å². The van der Waals surface area contributed by atoms with Crippen LogP contribution >= 0.6 is 0 Å². The average molecular weight is 244 g/mol. The molecule has 17 heavy (non-hydrogen) atoms. The summed E-state index contributed by atoms with van der Waals surface area (Å²) in [7, 11) is 2.04. The fourth-order valence-electron chi connectivity index (χ4n) is 1.79. The summed E-state index contributed by atoms with van der Waals surface area (Å²) in [6.07, 6.45) is 1.02. The fraction of sp³-hybridized carbons (Fsp3) is 0.923. The Morgan fingerprint density at radius 3 is 2.41 bits per heavy atom. The van der Waals surface area contributed by atoms with Crippen molar-refractivity contribution in [2.24, 2.45) is 5.92 Å². The molecular formula is C13H28N2O2. The quantitative estimate of drug-likeness (QED) is 0.624. The normalized spacial score (nSPS) is 13.1. The number of esters is 1. The fourth-order valence-corrected chi connectivity index (χ4v) is 1.79. The van der Waals surface area contributed by atoms with Crippen molar-refractivity contribution in [3.8, 4) is 0 Å². The van der Waals surface area contributed by atoms with Gasteiger partial charge in [-0.2, -0.15) is 0 Å². The van der Waals surface area contributed by atoms with Crippen LogP contribution in [0.1, 0.15) is 34.1 Å². The zero-order valence-corrected chi connectivity index (χ0v) is 12.0. The maximum absolute atomic E-state index is 11.8. The summed E-state index contributed by atoms with van der Waals surface area (Å²) in [5.74, 6) is 0.463. The van der Waals surface area contributed by atoms with Crippen molar-refractivity contribution in [3.05, 3.63) is 0 Å². The van der Waals surface area contributed by atoms with E-state index >= 15 is 0 Å². The second kappa shape index (κ2) is 9.42. The van der Waals surface area contributed by atoms with E-state index in [-0.39, 0.29) is 12.0 Å². The first kappa shape index (κ1) is 16.4. The maximum atomic E-state index is 11.8. The van der Waals surface area contributed by atoms with Crippen molar-refractivity contribution >= 4 is 5.97 Å². The highest BCUT2D eigenvalue weighted by molar-refractivity contribution is 5.76. The summed E-state index contributed by atoms with van der Waals surface area (Å²) in [6.45, 7) is 11.3. The molecule has 0 heterocycles. The van der Waals surface area contributed by atoms with Crippen LogP contribution in [0, 0.1) is 5.92 Å². The molecule has 0 spiro atoms. The number of rotatable bonds is 9. The first-order valence-corrected chi connectivity index (χ1v) is 6.59. The molecule has 0 saturated heterocycles. The molecular weight excluding hydrogens is 216 g/mol. The highest BCUT2D eigenvalue weighted by Crippen LogP contribution is 1.99. The van der Waals surface area contributed by atoms with Gasteiger partial charge in [-0.25, -0.2) is 0 Å². The SMILES string of the molecule is CCCNC(CN(C)CC(C)C)C(=O)OCC. The van der Waals surface area contributed by atoms with Gasteiger partial charge in [0.25, 0.3) is 0 Å². The molecule has 0 radical (unpaired) electrons. The molecule has 102 valence electrons. The molecule has 1 atom stereocenters. The Morgan fingerprint density at radius 1 is 1.29 bits per heavy atom. The largest absolute Gasteiger partial charge is 0.465 e. The van der Waals surface area contributed by atoms with Crippen LogP contribution in [0.5, 0.6) is 0 Å². The third kappa shape index (κ3) is 8.16. The molecule has 0 aromatic carbocycles. The molecule has 0 bridgehead atoms. The lowest BCUT2D eigenvalue weighted by Gasteiger charge is -2.24. The summed E-state index contributed by atoms with van der Waals surface area (Å²) < 4.78 is 5.08. The Labute approximate surface area is 106 Å².